The van der Waals surface area contributed by atoms with Gasteiger partial charge in [-0.2, -0.15) is 0 Å². The zero-order chi connectivity index (χ0) is 18.5. The van der Waals surface area contributed by atoms with E-state index < -0.39 is 32.4 Å². The van der Waals surface area contributed by atoms with E-state index in [4.69, 9.17) is 15.2 Å². The fourth-order valence-corrected chi connectivity index (χ4v) is 6.19. The molecule has 2 aromatic carbocycles. The van der Waals surface area contributed by atoms with Crippen LogP contribution in [0.25, 0.3) is 0 Å². The van der Waals surface area contributed by atoms with Crippen molar-refractivity contribution < 1.29 is 27.8 Å². The minimum absolute atomic E-state index is 0.0795. The largest absolute Gasteiger partial charge is 0.481 e. The SMILES string of the molecule is NC[C@@]1(C(=O)O)[C@H](c2ccc3c(c2)OCO3)[C@@H]1S(=O)(=O)c1ccccc1. The standard InChI is InChI=1S/C18H17NO6S/c19-9-18(17(20)21)15(11-6-7-13-14(8-11)25-10-24-13)16(18)26(22,23)12-4-2-1-3-5-12/h1-8,15-16H,9-10,19H2,(H,20,21)/t15-,16+,18-/m1/s1. The number of rotatable bonds is 5. The number of carboxylic acids is 1. The van der Waals surface area contributed by atoms with Gasteiger partial charge in [0.25, 0.3) is 0 Å². The maximum absolute atomic E-state index is 13.1. The van der Waals surface area contributed by atoms with Gasteiger partial charge in [-0.05, 0) is 29.8 Å². The van der Waals surface area contributed by atoms with E-state index in [2.05, 4.69) is 0 Å². The second-order valence-electron chi connectivity index (χ2n) is 6.42. The van der Waals surface area contributed by atoms with Crippen molar-refractivity contribution in [3.63, 3.8) is 0 Å². The molecule has 1 heterocycles. The lowest BCUT2D eigenvalue weighted by Gasteiger charge is -2.10. The lowest BCUT2D eigenvalue weighted by atomic mass is 9.99. The van der Waals surface area contributed by atoms with Gasteiger partial charge in [-0.15, -0.1) is 0 Å². The molecule has 3 N–H and O–H groups in total. The van der Waals surface area contributed by atoms with Crippen LogP contribution in [-0.2, 0) is 14.6 Å². The van der Waals surface area contributed by atoms with Gasteiger partial charge in [-0.3, -0.25) is 4.79 Å². The monoisotopic (exact) mass is 375 g/mol. The predicted octanol–water partition coefficient (Wildman–Crippen LogP) is 1.38. The molecule has 26 heavy (non-hydrogen) atoms. The minimum atomic E-state index is -3.87. The van der Waals surface area contributed by atoms with Gasteiger partial charge >= 0.3 is 5.97 Å². The van der Waals surface area contributed by atoms with Crippen molar-refractivity contribution in [1.29, 1.82) is 0 Å². The Balaban J connectivity index is 1.81. The Morgan fingerprint density at radius 1 is 1.15 bits per heavy atom. The van der Waals surface area contributed by atoms with Crippen molar-refractivity contribution in [3.8, 4) is 11.5 Å². The van der Waals surface area contributed by atoms with Gasteiger partial charge in [0.2, 0.25) is 6.79 Å². The summed E-state index contributed by atoms with van der Waals surface area (Å²) in [6.45, 7) is -0.200. The van der Waals surface area contributed by atoms with Gasteiger partial charge in [0.15, 0.2) is 21.3 Å². The highest BCUT2D eigenvalue weighted by Crippen LogP contribution is 2.64. The van der Waals surface area contributed by atoms with Gasteiger partial charge in [-0.1, -0.05) is 24.3 Å². The van der Waals surface area contributed by atoms with Crippen LogP contribution in [-0.4, -0.2) is 38.1 Å². The van der Waals surface area contributed by atoms with Crippen molar-refractivity contribution in [3.05, 3.63) is 54.1 Å². The summed E-state index contributed by atoms with van der Waals surface area (Å²) in [4.78, 5) is 12.1. The van der Waals surface area contributed by atoms with Crippen molar-refractivity contribution in [2.24, 2.45) is 11.1 Å². The number of fused-ring (bicyclic) bond motifs is 1. The zero-order valence-corrected chi connectivity index (χ0v) is 14.5. The fourth-order valence-electron chi connectivity index (χ4n) is 3.78. The Hall–Kier alpha value is -2.58. The highest BCUT2D eigenvalue weighted by molar-refractivity contribution is 7.92. The van der Waals surface area contributed by atoms with Crippen molar-refractivity contribution in [2.45, 2.75) is 16.1 Å². The fraction of sp³-hybridized carbons (Fsp3) is 0.278. The van der Waals surface area contributed by atoms with Crippen LogP contribution in [0.4, 0.5) is 0 Å². The summed E-state index contributed by atoms with van der Waals surface area (Å²) in [6.07, 6.45) is 0. The number of benzene rings is 2. The van der Waals surface area contributed by atoms with Crippen LogP contribution in [0, 0.1) is 5.41 Å². The summed E-state index contributed by atoms with van der Waals surface area (Å²) in [5.74, 6) is -0.955. The van der Waals surface area contributed by atoms with Crippen molar-refractivity contribution in [2.75, 3.05) is 13.3 Å². The average Bonchev–Trinajstić information content (AvgIpc) is 3.15. The number of carboxylic acid groups (broad SMARTS) is 1. The third-order valence-electron chi connectivity index (χ3n) is 5.15. The second kappa shape index (κ2) is 5.72. The number of hydrogen-bond donors (Lipinski definition) is 2. The second-order valence-corrected chi connectivity index (χ2v) is 8.49. The quantitative estimate of drug-likeness (QED) is 0.811. The number of carbonyl (C=O) groups is 1. The molecule has 0 spiro atoms. The molecule has 0 amide bonds. The number of aliphatic carboxylic acids is 1. The molecule has 0 unspecified atom stereocenters. The first-order chi connectivity index (χ1) is 12.4. The molecule has 2 aromatic rings. The van der Waals surface area contributed by atoms with E-state index in [1.165, 1.54) is 12.1 Å². The molecule has 0 saturated heterocycles. The summed E-state index contributed by atoms with van der Waals surface area (Å²) >= 11 is 0. The van der Waals surface area contributed by atoms with E-state index in [-0.39, 0.29) is 18.2 Å². The van der Waals surface area contributed by atoms with Crippen LogP contribution in [0.2, 0.25) is 0 Å². The first-order valence-electron chi connectivity index (χ1n) is 8.05. The van der Waals surface area contributed by atoms with Gasteiger partial charge < -0.3 is 20.3 Å². The Morgan fingerprint density at radius 2 is 1.85 bits per heavy atom. The Labute approximate surface area is 150 Å². The first-order valence-corrected chi connectivity index (χ1v) is 9.59. The van der Waals surface area contributed by atoms with Crippen molar-refractivity contribution in [1.82, 2.24) is 0 Å². The summed E-state index contributed by atoms with van der Waals surface area (Å²) in [5.41, 5.74) is 4.77. The third kappa shape index (κ3) is 2.22. The number of hydrogen-bond acceptors (Lipinski definition) is 6. The summed E-state index contributed by atoms with van der Waals surface area (Å²) in [5, 5.41) is 8.67. The van der Waals surface area contributed by atoms with Crippen LogP contribution < -0.4 is 15.2 Å². The minimum Gasteiger partial charge on any atom is -0.481 e. The molecule has 1 fully saturated rings. The zero-order valence-electron chi connectivity index (χ0n) is 13.7. The summed E-state index contributed by atoms with van der Waals surface area (Å²) in [6, 6.07) is 12.8. The van der Waals surface area contributed by atoms with Crippen LogP contribution >= 0.6 is 0 Å². The van der Waals surface area contributed by atoms with Crippen LogP contribution in [0.5, 0.6) is 11.5 Å². The molecule has 1 saturated carbocycles. The van der Waals surface area contributed by atoms with E-state index in [0.717, 1.165) is 0 Å². The Bertz CT molecular complexity index is 974. The van der Waals surface area contributed by atoms with E-state index in [1.807, 2.05) is 0 Å². The molecular formula is C18H17NO6S. The van der Waals surface area contributed by atoms with E-state index in [1.54, 1.807) is 36.4 Å². The molecule has 3 atom stereocenters. The van der Waals surface area contributed by atoms with Crippen LogP contribution in [0.3, 0.4) is 0 Å². The maximum atomic E-state index is 13.1. The molecule has 0 radical (unpaired) electrons. The summed E-state index contributed by atoms with van der Waals surface area (Å²) < 4.78 is 36.8. The van der Waals surface area contributed by atoms with Crippen LogP contribution in [0.15, 0.2) is 53.4 Å². The topological polar surface area (TPSA) is 116 Å². The van der Waals surface area contributed by atoms with E-state index in [9.17, 15) is 18.3 Å². The Kier molecular flexibility index (Phi) is 3.71. The first kappa shape index (κ1) is 16.9. The van der Waals surface area contributed by atoms with Crippen molar-refractivity contribution >= 4 is 15.8 Å². The normalized spacial score (nSPS) is 26.5. The smallest absolute Gasteiger partial charge is 0.312 e. The number of nitrogens with two attached hydrogens (primary N) is 1. The molecular weight excluding hydrogens is 358 g/mol. The Morgan fingerprint density at radius 3 is 2.50 bits per heavy atom. The third-order valence-corrected chi connectivity index (χ3v) is 7.44. The molecule has 1 aliphatic heterocycles. The highest BCUT2D eigenvalue weighted by Gasteiger charge is 2.75. The van der Waals surface area contributed by atoms with Gasteiger partial charge in [0.05, 0.1) is 10.1 Å². The molecule has 0 aromatic heterocycles. The van der Waals surface area contributed by atoms with Gasteiger partial charge in [0.1, 0.15) is 5.41 Å². The average molecular weight is 375 g/mol. The molecule has 0 bridgehead atoms. The summed E-state index contributed by atoms with van der Waals surface area (Å²) in [7, 11) is -3.87. The van der Waals surface area contributed by atoms with Crippen LogP contribution in [0.1, 0.15) is 11.5 Å². The highest BCUT2D eigenvalue weighted by atomic mass is 32.2. The molecule has 1 aliphatic carbocycles. The lowest BCUT2D eigenvalue weighted by Crippen LogP contribution is -2.31. The van der Waals surface area contributed by atoms with Gasteiger partial charge in [0, 0.05) is 12.5 Å². The molecule has 4 rings (SSSR count). The predicted molar refractivity (Wildman–Crippen MR) is 91.8 cm³/mol. The van der Waals surface area contributed by atoms with E-state index in [0.29, 0.717) is 17.1 Å². The molecule has 2 aliphatic rings. The number of ether oxygens (including phenoxy) is 2. The van der Waals surface area contributed by atoms with Gasteiger partial charge in [-0.25, -0.2) is 8.42 Å². The van der Waals surface area contributed by atoms with E-state index >= 15 is 0 Å². The molecule has 8 heteroatoms. The maximum Gasteiger partial charge on any atom is 0.312 e. The lowest BCUT2D eigenvalue weighted by molar-refractivity contribution is -0.143. The molecule has 7 nitrogen and oxygen atoms in total. The number of sulfone groups is 1. The molecule has 136 valence electrons.